The molecule has 2 atom stereocenters. The molecule has 1 aliphatic rings. The van der Waals surface area contributed by atoms with Crippen LogP contribution in [0.1, 0.15) is 68.2 Å². The Kier molecular flexibility index (Phi) is 15.9. The number of anilines is 2. The lowest BCUT2D eigenvalue weighted by Crippen LogP contribution is -2.44. The maximum Gasteiger partial charge on any atom is 0.412 e. The molecule has 1 aromatic heterocycles. The number of nitrogens with zero attached hydrogens (tertiary/aromatic N) is 1. The van der Waals surface area contributed by atoms with Crippen molar-refractivity contribution in [2.75, 3.05) is 16.8 Å². The summed E-state index contributed by atoms with van der Waals surface area (Å²) in [6, 6.07) is 29.6. The first-order chi connectivity index (χ1) is 26.0. The highest BCUT2D eigenvalue weighted by Gasteiger charge is 2.30. The Labute approximate surface area is 339 Å². The number of halogens is 2. The van der Waals surface area contributed by atoms with Gasteiger partial charge in [0.2, 0.25) is 11.5 Å². The van der Waals surface area contributed by atoms with Crippen molar-refractivity contribution in [3.8, 4) is 16.9 Å². The first kappa shape index (κ1) is 43.8. The average molecular weight is 805 g/mol. The van der Waals surface area contributed by atoms with E-state index in [9.17, 15) is 29.7 Å². The number of H-pyrrole nitrogens is 1. The van der Waals surface area contributed by atoms with Gasteiger partial charge in [0.05, 0.1) is 17.3 Å². The molecule has 0 spiro atoms. The van der Waals surface area contributed by atoms with Crippen LogP contribution in [0.15, 0.2) is 102 Å². The summed E-state index contributed by atoms with van der Waals surface area (Å²) >= 11 is 0. The van der Waals surface area contributed by atoms with E-state index in [-0.39, 0.29) is 66.7 Å². The standard InChI is InChI=1S/C43H49N5O6.2ClH/c1-27(45-26-39(50)35-20-22-38(49)42-36(35)21-23-41(52)47-42)24-29-10-15-32(16-11-29)46-40(51)9-5-6-28-12-19-34(30-7-3-2-4-8-30)37(25-28)48(43(53)54)33-17-13-31(44)14-18-33;;/h2-4,7-8,10-12,15-16,19-23,25,27,31,33,39,45,49-50H,5-6,9,13-14,17-18,24,26,44H2,1H3,(H,46,51)(H,47,52)(H,53,54);2*1H/t27?,31?,33?,39-;;/m1../s1. The van der Waals surface area contributed by atoms with Crippen molar-refractivity contribution in [3.05, 3.63) is 124 Å². The van der Waals surface area contributed by atoms with Crippen LogP contribution in [-0.2, 0) is 17.6 Å². The topological polar surface area (TPSA) is 181 Å². The Balaban J connectivity index is 0.00000348. The number of phenolic OH excluding ortho intramolecular Hbond substituents is 1. The van der Waals surface area contributed by atoms with Gasteiger partial charge in [-0.2, -0.15) is 0 Å². The first-order valence-electron chi connectivity index (χ1n) is 18.7. The molecule has 0 saturated heterocycles. The van der Waals surface area contributed by atoms with Crippen molar-refractivity contribution in [1.29, 1.82) is 0 Å². The van der Waals surface area contributed by atoms with E-state index in [1.165, 1.54) is 17.0 Å². The van der Waals surface area contributed by atoms with E-state index in [0.29, 0.717) is 53.5 Å². The minimum Gasteiger partial charge on any atom is -0.506 e. The second-order valence-electron chi connectivity index (χ2n) is 14.4. The molecule has 8 N–H and O–H groups in total. The molecule has 1 saturated carbocycles. The Morgan fingerprint density at radius 3 is 2.30 bits per heavy atom. The largest absolute Gasteiger partial charge is 0.506 e. The lowest BCUT2D eigenvalue weighted by molar-refractivity contribution is -0.116. The number of fused-ring (bicyclic) bond motifs is 1. The Morgan fingerprint density at radius 1 is 0.911 bits per heavy atom. The third-order valence-corrected chi connectivity index (χ3v) is 10.3. The summed E-state index contributed by atoms with van der Waals surface area (Å²) in [5.41, 5.74) is 11.9. The number of hydrogen-bond acceptors (Lipinski definition) is 7. The van der Waals surface area contributed by atoms with Crippen LogP contribution < -0.4 is 26.8 Å². The molecule has 1 unspecified atom stereocenters. The van der Waals surface area contributed by atoms with E-state index in [0.717, 1.165) is 47.9 Å². The zero-order valence-electron chi connectivity index (χ0n) is 31.3. The molecular weight excluding hydrogens is 753 g/mol. The number of benzene rings is 4. The number of nitrogens with one attached hydrogen (secondary N) is 3. The third-order valence-electron chi connectivity index (χ3n) is 10.3. The number of aromatic hydroxyl groups is 1. The summed E-state index contributed by atoms with van der Waals surface area (Å²) in [6.45, 7) is 2.30. The molecule has 1 aliphatic carbocycles. The number of phenols is 1. The quantitative estimate of drug-likeness (QED) is 0.0596. The second kappa shape index (κ2) is 20.3. The maximum atomic E-state index is 12.9. The van der Waals surface area contributed by atoms with Crippen LogP contribution in [-0.4, -0.2) is 57.0 Å². The van der Waals surface area contributed by atoms with Crippen molar-refractivity contribution in [2.45, 2.75) is 82.5 Å². The fraction of sp³-hybridized carbons (Fsp3) is 0.326. The number of carbonyl (C=O) groups is 2. The first-order valence-corrected chi connectivity index (χ1v) is 18.7. The highest BCUT2D eigenvalue weighted by atomic mass is 35.5. The van der Waals surface area contributed by atoms with E-state index >= 15 is 0 Å². The monoisotopic (exact) mass is 803 g/mol. The summed E-state index contributed by atoms with van der Waals surface area (Å²) in [6.07, 6.45) is 3.44. The number of carboxylic acid groups (broad SMARTS) is 1. The molecule has 1 heterocycles. The summed E-state index contributed by atoms with van der Waals surface area (Å²) in [5.74, 6) is -0.144. The van der Waals surface area contributed by atoms with Gasteiger partial charge in [0.15, 0.2) is 0 Å². The highest BCUT2D eigenvalue weighted by molar-refractivity contribution is 5.94. The number of pyridine rings is 1. The molecule has 1 fully saturated rings. The van der Waals surface area contributed by atoms with Crippen LogP contribution in [0.3, 0.4) is 0 Å². The molecule has 56 heavy (non-hydrogen) atoms. The highest BCUT2D eigenvalue weighted by Crippen LogP contribution is 2.36. The molecule has 6 rings (SSSR count). The number of hydrogen-bond donors (Lipinski definition) is 7. The van der Waals surface area contributed by atoms with Gasteiger partial charge in [-0.3, -0.25) is 14.5 Å². The molecular formula is C43H51Cl2N5O6. The van der Waals surface area contributed by atoms with Crippen molar-refractivity contribution in [1.82, 2.24) is 10.3 Å². The minimum absolute atomic E-state index is 0. The summed E-state index contributed by atoms with van der Waals surface area (Å²) in [7, 11) is 0. The van der Waals surface area contributed by atoms with E-state index in [4.69, 9.17) is 5.73 Å². The predicted octanol–water partition coefficient (Wildman–Crippen LogP) is 7.71. The number of aryl methyl sites for hydroxylation is 1. The SMILES string of the molecule is CC(Cc1ccc(NC(=O)CCCc2ccc(-c3ccccc3)c(N(C(=O)O)C3CCC(N)CC3)c2)cc1)NC[C@@H](O)c1ccc(O)c2[nH]c(=O)ccc12.Cl.Cl. The van der Waals surface area contributed by atoms with Crippen LogP contribution in [0.2, 0.25) is 0 Å². The number of carbonyl (C=O) groups excluding carboxylic acids is 1. The number of nitrogens with two attached hydrogens (primary N) is 1. The molecule has 4 aromatic carbocycles. The van der Waals surface area contributed by atoms with Crippen LogP contribution in [0, 0.1) is 0 Å². The summed E-state index contributed by atoms with van der Waals surface area (Å²) < 4.78 is 0. The van der Waals surface area contributed by atoms with Crippen molar-refractivity contribution in [3.63, 3.8) is 0 Å². The fourth-order valence-electron chi connectivity index (χ4n) is 7.41. The second-order valence-corrected chi connectivity index (χ2v) is 14.4. The summed E-state index contributed by atoms with van der Waals surface area (Å²) in [4.78, 5) is 41.5. The van der Waals surface area contributed by atoms with E-state index in [1.807, 2.05) is 79.7 Å². The van der Waals surface area contributed by atoms with Gasteiger partial charge in [-0.15, -0.1) is 24.8 Å². The van der Waals surface area contributed by atoms with Crippen LogP contribution in [0.5, 0.6) is 5.75 Å². The normalized spacial score (nSPS) is 16.2. The maximum absolute atomic E-state index is 12.9. The fourth-order valence-corrected chi connectivity index (χ4v) is 7.41. The lowest BCUT2D eigenvalue weighted by Gasteiger charge is -2.35. The molecule has 0 aliphatic heterocycles. The average Bonchev–Trinajstić information content (AvgIpc) is 3.16. The minimum atomic E-state index is -0.973. The number of rotatable bonds is 14. The number of aromatic nitrogens is 1. The van der Waals surface area contributed by atoms with E-state index < -0.39 is 12.2 Å². The molecule has 298 valence electrons. The van der Waals surface area contributed by atoms with Crippen LogP contribution >= 0.6 is 24.8 Å². The Bertz CT molecular complexity index is 2120. The van der Waals surface area contributed by atoms with Crippen LogP contribution in [0.4, 0.5) is 16.2 Å². The number of amides is 2. The molecule has 5 aromatic rings. The van der Waals surface area contributed by atoms with Gasteiger partial charge in [0, 0.05) is 53.8 Å². The number of aromatic amines is 1. The van der Waals surface area contributed by atoms with Gasteiger partial charge >= 0.3 is 6.09 Å². The van der Waals surface area contributed by atoms with Gasteiger partial charge in [-0.05, 0) is 104 Å². The van der Waals surface area contributed by atoms with Gasteiger partial charge in [-0.25, -0.2) is 4.79 Å². The Hall–Kier alpha value is -4.91. The predicted molar refractivity (Wildman–Crippen MR) is 227 cm³/mol. The summed E-state index contributed by atoms with van der Waals surface area (Å²) in [5, 5.41) is 38.4. The van der Waals surface area contributed by atoms with E-state index in [1.54, 1.807) is 12.1 Å². The molecule has 13 heteroatoms. The van der Waals surface area contributed by atoms with Gasteiger partial charge in [0.25, 0.3) is 0 Å². The molecule has 11 nitrogen and oxygen atoms in total. The lowest BCUT2D eigenvalue weighted by atomic mass is 9.89. The van der Waals surface area contributed by atoms with Crippen molar-refractivity contribution >= 4 is 59.1 Å². The van der Waals surface area contributed by atoms with Crippen molar-refractivity contribution in [2.24, 2.45) is 5.73 Å². The van der Waals surface area contributed by atoms with Gasteiger partial charge in [0.1, 0.15) is 5.75 Å². The molecule has 0 radical (unpaired) electrons. The number of aliphatic hydroxyl groups excluding tert-OH is 1. The van der Waals surface area contributed by atoms with Crippen molar-refractivity contribution < 1.29 is 24.9 Å². The molecule has 0 bridgehead atoms. The zero-order chi connectivity index (χ0) is 38.2. The zero-order valence-corrected chi connectivity index (χ0v) is 33.0. The van der Waals surface area contributed by atoms with E-state index in [2.05, 4.69) is 15.6 Å². The van der Waals surface area contributed by atoms with Crippen LogP contribution in [0.25, 0.3) is 22.0 Å². The Morgan fingerprint density at radius 2 is 1.61 bits per heavy atom. The molecule has 2 amide bonds. The van der Waals surface area contributed by atoms with Gasteiger partial charge in [-0.1, -0.05) is 60.7 Å². The van der Waals surface area contributed by atoms with Gasteiger partial charge < -0.3 is 36.7 Å². The number of aliphatic hydroxyl groups is 1. The smallest absolute Gasteiger partial charge is 0.412 e. The third kappa shape index (κ3) is 11.1.